The summed E-state index contributed by atoms with van der Waals surface area (Å²) in [6, 6.07) is 13.1. The normalized spacial score (nSPS) is 11.2. The van der Waals surface area contributed by atoms with Crippen LogP contribution in [-0.4, -0.2) is 25.3 Å². The van der Waals surface area contributed by atoms with E-state index in [1.54, 1.807) is 59.5 Å². The molecule has 0 saturated heterocycles. The summed E-state index contributed by atoms with van der Waals surface area (Å²) in [6.45, 7) is 0. The minimum Gasteiger partial charge on any atom is -0.495 e. The molecule has 0 N–H and O–H groups in total. The van der Waals surface area contributed by atoms with Crippen LogP contribution in [0.15, 0.2) is 70.3 Å². The fourth-order valence-corrected chi connectivity index (χ4v) is 3.73. The summed E-state index contributed by atoms with van der Waals surface area (Å²) in [4.78, 5) is -0.0458. The summed E-state index contributed by atoms with van der Waals surface area (Å²) >= 11 is 3.25. The average Bonchev–Trinajstić information content (AvgIpc) is 3.10. The van der Waals surface area contributed by atoms with Crippen molar-refractivity contribution in [3.05, 3.63) is 65.4 Å². The average molecular weight is 409 g/mol. The van der Waals surface area contributed by atoms with E-state index < -0.39 is 10.1 Å². The minimum atomic E-state index is -4.02. The molecule has 0 aliphatic heterocycles. The first-order valence-corrected chi connectivity index (χ1v) is 9.08. The van der Waals surface area contributed by atoms with E-state index in [1.807, 2.05) is 0 Å². The second-order valence-corrected chi connectivity index (χ2v) is 7.21. The number of ether oxygens (including phenoxy) is 1. The smallest absolute Gasteiger partial charge is 0.342 e. The molecule has 0 fully saturated rings. The lowest BCUT2D eigenvalue weighted by Gasteiger charge is -2.11. The van der Waals surface area contributed by atoms with Gasteiger partial charge < -0.3 is 8.92 Å². The third-order valence-corrected chi connectivity index (χ3v) is 4.97. The zero-order chi connectivity index (χ0) is 17.2. The summed E-state index contributed by atoms with van der Waals surface area (Å²) in [5.41, 5.74) is 0.796. The Hall–Kier alpha value is -2.32. The quantitative estimate of drug-likeness (QED) is 0.604. The van der Waals surface area contributed by atoms with Gasteiger partial charge in [-0.2, -0.15) is 13.5 Å². The van der Waals surface area contributed by atoms with Crippen molar-refractivity contribution in [2.75, 3.05) is 7.11 Å². The number of rotatable bonds is 5. The lowest BCUT2D eigenvalue weighted by atomic mass is 10.3. The Balaban J connectivity index is 1.88. The predicted molar refractivity (Wildman–Crippen MR) is 92.1 cm³/mol. The molecule has 8 heteroatoms. The number of aromatic nitrogens is 2. The van der Waals surface area contributed by atoms with E-state index in [2.05, 4.69) is 21.0 Å². The van der Waals surface area contributed by atoms with Gasteiger partial charge in [0.2, 0.25) is 0 Å². The van der Waals surface area contributed by atoms with Crippen molar-refractivity contribution in [3.63, 3.8) is 0 Å². The molecule has 0 bridgehead atoms. The standard InChI is InChI=1S/C16H13BrN2O4S/c1-22-15-8-3-12(17)11-16(15)24(20,21)23-14-6-4-13(5-7-14)19-10-2-9-18-19/h2-11H,1H3. The van der Waals surface area contributed by atoms with Crippen LogP contribution in [-0.2, 0) is 10.1 Å². The summed E-state index contributed by atoms with van der Waals surface area (Å²) in [5.74, 6) is 0.416. The maximum atomic E-state index is 12.5. The van der Waals surface area contributed by atoms with Gasteiger partial charge >= 0.3 is 10.1 Å². The van der Waals surface area contributed by atoms with Crippen molar-refractivity contribution in [1.82, 2.24) is 9.78 Å². The van der Waals surface area contributed by atoms with Crippen LogP contribution in [0.4, 0.5) is 0 Å². The molecule has 0 radical (unpaired) electrons. The first-order valence-electron chi connectivity index (χ1n) is 6.88. The predicted octanol–water partition coefficient (Wildman–Crippen LogP) is 3.41. The third-order valence-electron chi connectivity index (χ3n) is 3.21. The van der Waals surface area contributed by atoms with E-state index in [4.69, 9.17) is 8.92 Å². The zero-order valence-corrected chi connectivity index (χ0v) is 15.0. The van der Waals surface area contributed by atoms with E-state index >= 15 is 0 Å². The highest BCUT2D eigenvalue weighted by molar-refractivity contribution is 9.10. The highest BCUT2D eigenvalue weighted by Gasteiger charge is 2.22. The molecule has 1 aromatic heterocycles. The van der Waals surface area contributed by atoms with Gasteiger partial charge in [0, 0.05) is 16.9 Å². The highest BCUT2D eigenvalue weighted by Crippen LogP contribution is 2.29. The van der Waals surface area contributed by atoms with Crippen molar-refractivity contribution in [3.8, 4) is 17.2 Å². The maximum absolute atomic E-state index is 12.5. The van der Waals surface area contributed by atoms with Crippen molar-refractivity contribution < 1.29 is 17.3 Å². The van der Waals surface area contributed by atoms with Crippen LogP contribution in [0.5, 0.6) is 11.5 Å². The van der Waals surface area contributed by atoms with Crippen molar-refractivity contribution in [2.24, 2.45) is 0 Å². The van der Waals surface area contributed by atoms with Gasteiger partial charge in [0.15, 0.2) is 0 Å². The van der Waals surface area contributed by atoms with Gasteiger partial charge in [-0.15, -0.1) is 0 Å². The van der Waals surface area contributed by atoms with E-state index in [0.717, 1.165) is 5.69 Å². The maximum Gasteiger partial charge on any atom is 0.342 e. The number of hydrogen-bond acceptors (Lipinski definition) is 5. The largest absolute Gasteiger partial charge is 0.495 e. The Bertz CT molecular complexity index is 939. The lowest BCUT2D eigenvalue weighted by Crippen LogP contribution is -2.11. The van der Waals surface area contributed by atoms with Crippen LogP contribution in [0.1, 0.15) is 0 Å². The molecule has 0 aliphatic rings. The fraction of sp³-hybridized carbons (Fsp3) is 0.0625. The van der Waals surface area contributed by atoms with Gasteiger partial charge in [-0.1, -0.05) is 15.9 Å². The van der Waals surface area contributed by atoms with Crippen LogP contribution in [0.25, 0.3) is 5.69 Å². The van der Waals surface area contributed by atoms with E-state index in [0.29, 0.717) is 4.47 Å². The van der Waals surface area contributed by atoms with Crippen molar-refractivity contribution in [1.29, 1.82) is 0 Å². The first kappa shape index (κ1) is 16.5. The number of halogens is 1. The molecule has 3 rings (SSSR count). The molecule has 1 heterocycles. The topological polar surface area (TPSA) is 70.4 Å². The van der Waals surface area contributed by atoms with Crippen LogP contribution in [0, 0.1) is 0 Å². The van der Waals surface area contributed by atoms with Gasteiger partial charge in [0.25, 0.3) is 0 Å². The monoisotopic (exact) mass is 408 g/mol. The van der Waals surface area contributed by atoms with Crippen LogP contribution in [0.2, 0.25) is 0 Å². The van der Waals surface area contributed by atoms with Crippen LogP contribution in [0.3, 0.4) is 0 Å². The number of benzene rings is 2. The Labute approximate surface area is 147 Å². The van der Waals surface area contributed by atoms with E-state index in [-0.39, 0.29) is 16.4 Å². The summed E-state index contributed by atoms with van der Waals surface area (Å²) in [6.07, 6.45) is 3.45. The molecule has 2 aromatic carbocycles. The van der Waals surface area contributed by atoms with Crippen molar-refractivity contribution in [2.45, 2.75) is 4.90 Å². The molecule has 124 valence electrons. The molecule has 0 amide bonds. The van der Waals surface area contributed by atoms with E-state index in [9.17, 15) is 8.42 Å². The molecule has 24 heavy (non-hydrogen) atoms. The number of nitrogens with zero attached hydrogens (tertiary/aromatic N) is 2. The van der Waals surface area contributed by atoms with Gasteiger partial charge in [0.1, 0.15) is 16.4 Å². The zero-order valence-electron chi connectivity index (χ0n) is 12.6. The fourth-order valence-electron chi connectivity index (χ4n) is 2.09. The highest BCUT2D eigenvalue weighted by atomic mass is 79.9. The Kier molecular flexibility index (Phi) is 4.59. The minimum absolute atomic E-state index is 0.0458. The molecular weight excluding hydrogens is 396 g/mol. The number of methoxy groups -OCH3 is 1. The Morgan fingerprint density at radius 1 is 1.12 bits per heavy atom. The van der Waals surface area contributed by atoms with Gasteiger partial charge in [-0.3, -0.25) is 0 Å². The Morgan fingerprint density at radius 2 is 1.88 bits per heavy atom. The SMILES string of the molecule is COc1ccc(Br)cc1S(=O)(=O)Oc1ccc(-n2cccn2)cc1. The van der Waals surface area contributed by atoms with Crippen LogP contribution < -0.4 is 8.92 Å². The molecule has 0 aliphatic carbocycles. The second-order valence-electron chi connectivity index (χ2n) is 4.78. The van der Waals surface area contributed by atoms with Gasteiger partial charge in [0.05, 0.1) is 12.8 Å². The lowest BCUT2D eigenvalue weighted by molar-refractivity contribution is 0.398. The van der Waals surface area contributed by atoms with Crippen molar-refractivity contribution >= 4 is 26.0 Å². The third kappa shape index (κ3) is 3.44. The molecule has 0 atom stereocenters. The molecule has 3 aromatic rings. The number of hydrogen-bond donors (Lipinski definition) is 0. The molecule has 6 nitrogen and oxygen atoms in total. The molecule has 0 unspecified atom stereocenters. The first-order chi connectivity index (χ1) is 11.5. The van der Waals surface area contributed by atoms with Crippen LogP contribution >= 0.6 is 15.9 Å². The Morgan fingerprint density at radius 3 is 2.50 bits per heavy atom. The van der Waals surface area contributed by atoms with Gasteiger partial charge in [-0.05, 0) is 48.5 Å². The second kappa shape index (κ2) is 6.66. The summed E-state index contributed by atoms with van der Waals surface area (Å²) < 4.78 is 37.6. The molecule has 0 spiro atoms. The van der Waals surface area contributed by atoms with E-state index in [1.165, 1.54) is 13.2 Å². The summed E-state index contributed by atoms with van der Waals surface area (Å²) in [5, 5.41) is 4.11. The van der Waals surface area contributed by atoms with Gasteiger partial charge in [-0.25, -0.2) is 4.68 Å². The molecule has 0 saturated carbocycles. The molecular formula is C16H13BrN2O4S. The summed E-state index contributed by atoms with van der Waals surface area (Å²) in [7, 11) is -2.62.